The molecule has 0 aliphatic carbocycles. The highest BCUT2D eigenvalue weighted by molar-refractivity contribution is 6.01. The van der Waals surface area contributed by atoms with E-state index in [0.29, 0.717) is 30.9 Å². The van der Waals surface area contributed by atoms with E-state index in [1.807, 2.05) is 0 Å². The summed E-state index contributed by atoms with van der Waals surface area (Å²) in [4.78, 5) is 37.2. The van der Waals surface area contributed by atoms with E-state index in [4.69, 9.17) is 19.3 Å². The van der Waals surface area contributed by atoms with E-state index >= 15 is 0 Å². The highest BCUT2D eigenvalue weighted by Gasteiger charge is 2.29. The Kier molecular flexibility index (Phi) is 6.26. The van der Waals surface area contributed by atoms with Crippen molar-refractivity contribution in [2.45, 2.75) is 12.8 Å². The lowest BCUT2D eigenvalue weighted by Crippen LogP contribution is -2.44. The van der Waals surface area contributed by atoms with Crippen molar-refractivity contribution in [3.63, 3.8) is 0 Å². The van der Waals surface area contributed by atoms with E-state index < -0.39 is 23.9 Å². The number of hydrogen-bond donors (Lipinski definition) is 2. The number of aliphatic carboxylic acids is 1. The van der Waals surface area contributed by atoms with Crippen LogP contribution in [0.25, 0.3) is 0 Å². The Balaban J connectivity index is 2.27. The number of carboxylic acid groups (broad SMARTS) is 1. The number of urea groups is 1. The Bertz CT molecular complexity index is 705. The molecular formula is C17H22N2O7. The minimum Gasteiger partial charge on any atom is -0.493 e. The van der Waals surface area contributed by atoms with Gasteiger partial charge in [-0.3, -0.25) is 4.79 Å². The zero-order chi connectivity index (χ0) is 19.3. The molecule has 0 radical (unpaired) electrons. The normalized spacial score (nSPS) is 16.6. The molecule has 0 aromatic heterocycles. The van der Waals surface area contributed by atoms with Crippen LogP contribution in [0.3, 0.4) is 0 Å². The van der Waals surface area contributed by atoms with Crippen LogP contribution < -0.4 is 14.8 Å². The van der Waals surface area contributed by atoms with Crippen LogP contribution in [0.4, 0.5) is 10.5 Å². The minimum absolute atomic E-state index is 0.102. The van der Waals surface area contributed by atoms with Crippen LogP contribution in [0.1, 0.15) is 23.2 Å². The molecule has 0 spiro atoms. The first-order valence-corrected chi connectivity index (χ1v) is 8.04. The number of anilines is 1. The number of piperidine rings is 1. The fourth-order valence-electron chi connectivity index (χ4n) is 2.82. The fourth-order valence-corrected chi connectivity index (χ4v) is 2.82. The molecule has 1 aliphatic heterocycles. The summed E-state index contributed by atoms with van der Waals surface area (Å²) in [5, 5.41) is 11.8. The number of likely N-dealkylation sites (tertiary alicyclic amines) is 1. The molecule has 1 unspecified atom stereocenters. The quantitative estimate of drug-likeness (QED) is 0.764. The number of amides is 2. The number of nitrogens with one attached hydrogen (secondary N) is 1. The van der Waals surface area contributed by atoms with Crippen molar-refractivity contribution in [3.05, 3.63) is 17.7 Å². The molecule has 1 atom stereocenters. The molecule has 9 nitrogen and oxygen atoms in total. The maximum Gasteiger partial charge on any atom is 0.340 e. The highest BCUT2D eigenvalue weighted by Crippen LogP contribution is 2.34. The van der Waals surface area contributed by atoms with Crippen LogP contribution in [-0.4, -0.2) is 62.4 Å². The molecule has 1 heterocycles. The number of benzene rings is 1. The van der Waals surface area contributed by atoms with Gasteiger partial charge in [0.05, 0.1) is 38.5 Å². The maximum atomic E-state index is 12.6. The topological polar surface area (TPSA) is 114 Å². The van der Waals surface area contributed by atoms with Gasteiger partial charge in [0.1, 0.15) is 0 Å². The summed E-state index contributed by atoms with van der Waals surface area (Å²) in [5.74, 6) is -1.53. The van der Waals surface area contributed by atoms with Crippen LogP contribution in [0.2, 0.25) is 0 Å². The molecule has 1 aromatic carbocycles. The second-order valence-corrected chi connectivity index (χ2v) is 5.80. The molecule has 1 fully saturated rings. The first-order valence-electron chi connectivity index (χ1n) is 8.04. The van der Waals surface area contributed by atoms with Gasteiger partial charge in [0.15, 0.2) is 11.5 Å². The molecule has 26 heavy (non-hydrogen) atoms. The Morgan fingerprint density at radius 3 is 2.38 bits per heavy atom. The summed E-state index contributed by atoms with van der Waals surface area (Å²) in [6, 6.07) is 2.38. The van der Waals surface area contributed by atoms with E-state index in [1.54, 1.807) is 0 Å². The summed E-state index contributed by atoms with van der Waals surface area (Å²) in [7, 11) is 4.09. The molecule has 0 bridgehead atoms. The number of carbonyl (C=O) groups is 3. The average Bonchev–Trinajstić information content (AvgIpc) is 2.66. The van der Waals surface area contributed by atoms with Crippen LogP contribution in [0, 0.1) is 5.92 Å². The lowest BCUT2D eigenvalue weighted by molar-refractivity contribution is -0.143. The lowest BCUT2D eigenvalue weighted by atomic mass is 9.99. The zero-order valence-corrected chi connectivity index (χ0v) is 14.9. The second-order valence-electron chi connectivity index (χ2n) is 5.80. The smallest absolute Gasteiger partial charge is 0.340 e. The number of rotatable bonds is 5. The Hall–Kier alpha value is -2.97. The average molecular weight is 366 g/mol. The summed E-state index contributed by atoms with van der Waals surface area (Å²) >= 11 is 0. The summed E-state index contributed by atoms with van der Waals surface area (Å²) in [6.07, 6.45) is 1.13. The molecule has 2 rings (SSSR count). The third kappa shape index (κ3) is 4.16. The number of carboxylic acids is 1. The zero-order valence-electron chi connectivity index (χ0n) is 14.9. The number of esters is 1. The Morgan fingerprint density at radius 1 is 1.15 bits per heavy atom. The van der Waals surface area contributed by atoms with Crippen molar-refractivity contribution in [1.82, 2.24) is 4.90 Å². The predicted octanol–water partition coefficient (Wildman–Crippen LogP) is 1.82. The van der Waals surface area contributed by atoms with Crippen molar-refractivity contribution in [2.24, 2.45) is 5.92 Å². The molecule has 0 saturated carbocycles. The van der Waals surface area contributed by atoms with Gasteiger partial charge >= 0.3 is 18.0 Å². The predicted molar refractivity (Wildman–Crippen MR) is 91.8 cm³/mol. The van der Waals surface area contributed by atoms with Crippen LogP contribution in [-0.2, 0) is 9.53 Å². The summed E-state index contributed by atoms with van der Waals surface area (Å²) in [6.45, 7) is 0.554. The first-order chi connectivity index (χ1) is 12.4. The van der Waals surface area contributed by atoms with Gasteiger partial charge in [-0.2, -0.15) is 0 Å². The molecule has 1 saturated heterocycles. The van der Waals surface area contributed by atoms with Crippen molar-refractivity contribution in [3.8, 4) is 11.5 Å². The van der Waals surface area contributed by atoms with Crippen LogP contribution >= 0.6 is 0 Å². The molecule has 2 amide bonds. The first kappa shape index (κ1) is 19.4. The molecule has 2 N–H and O–H groups in total. The van der Waals surface area contributed by atoms with Crippen LogP contribution in [0.15, 0.2) is 12.1 Å². The summed E-state index contributed by atoms with van der Waals surface area (Å²) < 4.78 is 15.1. The van der Waals surface area contributed by atoms with Crippen molar-refractivity contribution < 1.29 is 33.7 Å². The van der Waals surface area contributed by atoms with E-state index in [9.17, 15) is 14.4 Å². The maximum absolute atomic E-state index is 12.6. The number of hydrogen-bond acceptors (Lipinski definition) is 6. The molecule has 1 aliphatic rings. The third-order valence-electron chi connectivity index (χ3n) is 4.23. The fraction of sp³-hybridized carbons (Fsp3) is 0.471. The number of nitrogens with zero attached hydrogens (tertiary/aromatic N) is 1. The van der Waals surface area contributed by atoms with E-state index in [0.717, 1.165) is 0 Å². The number of methoxy groups -OCH3 is 3. The van der Waals surface area contributed by atoms with Crippen molar-refractivity contribution >= 4 is 23.7 Å². The molecular weight excluding hydrogens is 344 g/mol. The lowest BCUT2D eigenvalue weighted by Gasteiger charge is -2.31. The third-order valence-corrected chi connectivity index (χ3v) is 4.23. The molecule has 142 valence electrons. The van der Waals surface area contributed by atoms with Gasteiger partial charge < -0.3 is 29.5 Å². The van der Waals surface area contributed by atoms with Gasteiger partial charge in [0.2, 0.25) is 0 Å². The van der Waals surface area contributed by atoms with Gasteiger partial charge in [-0.15, -0.1) is 0 Å². The van der Waals surface area contributed by atoms with Gasteiger partial charge in [-0.05, 0) is 12.8 Å². The number of carbonyl (C=O) groups excluding carboxylic acids is 2. The minimum atomic E-state index is -0.927. The molecule has 1 aromatic rings. The van der Waals surface area contributed by atoms with Crippen molar-refractivity contribution in [1.29, 1.82) is 0 Å². The highest BCUT2D eigenvalue weighted by atomic mass is 16.5. The second kappa shape index (κ2) is 8.41. The van der Waals surface area contributed by atoms with Crippen molar-refractivity contribution in [2.75, 3.05) is 39.7 Å². The monoisotopic (exact) mass is 366 g/mol. The molecule has 9 heteroatoms. The van der Waals surface area contributed by atoms with E-state index in [1.165, 1.54) is 38.4 Å². The van der Waals surface area contributed by atoms with Gasteiger partial charge in [0.25, 0.3) is 0 Å². The van der Waals surface area contributed by atoms with Crippen LogP contribution in [0.5, 0.6) is 11.5 Å². The SMILES string of the molecule is COC(=O)c1cc(OC)c(OC)cc1NC(=O)N1CCCC(C(=O)O)C1. The number of ether oxygens (including phenoxy) is 3. The Labute approximate surface area is 150 Å². The van der Waals surface area contributed by atoms with Gasteiger partial charge in [0, 0.05) is 25.2 Å². The summed E-state index contributed by atoms with van der Waals surface area (Å²) in [5.41, 5.74) is 0.294. The standard InChI is InChI=1S/C17H22N2O7/c1-24-13-7-11(16(22)26-3)12(8-14(13)25-2)18-17(23)19-6-4-5-10(9-19)15(20)21/h7-8,10H,4-6,9H2,1-3H3,(H,18,23)(H,20,21). The Morgan fingerprint density at radius 2 is 1.81 bits per heavy atom. The van der Waals surface area contributed by atoms with Gasteiger partial charge in [-0.25, -0.2) is 9.59 Å². The van der Waals surface area contributed by atoms with E-state index in [2.05, 4.69) is 5.32 Å². The van der Waals surface area contributed by atoms with Gasteiger partial charge in [-0.1, -0.05) is 0 Å². The van der Waals surface area contributed by atoms with E-state index in [-0.39, 0.29) is 17.8 Å². The largest absolute Gasteiger partial charge is 0.493 e.